The summed E-state index contributed by atoms with van der Waals surface area (Å²) in [4.78, 5) is 2.43. The van der Waals surface area contributed by atoms with E-state index in [1.165, 1.54) is 0 Å². The van der Waals surface area contributed by atoms with Crippen LogP contribution >= 0.6 is 11.8 Å². The van der Waals surface area contributed by atoms with Gasteiger partial charge in [0, 0.05) is 24.6 Å². The van der Waals surface area contributed by atoms with Crippen LogP contribution < -0.4 is 14.4 Å². The Labute approximate surface area is 158 Å². The average Bonchev–Trinajstić information content (AvgIpc) is 2.79. The quantitative estimate of drug-likeness (QED) is 0.873. The van der Waals surface area contributed by atoms with Crippen LogP contribution in [0.5, 0.6) is 5.75 Å². The minimum atomic E-state index is -3.65. The maximum Gasteiger partial charge on any atom is 0.246 e. The summed E-state index contributed by atoms with van der Waals surface area (Å²) in [6.07, 6.45) is 0.601. The number of sulfonamides is 1. The molecule has 2 aromatic rings. The van der Waals surface area contributed by atoms with Gasteiger partial charge in [0.05, 0.1) is 11.7 Å². The summed E-state index contributed by atoms with van der Waals surface area (Å²) >= 11 is 1.90. The molecule has 2 aromatic carbocycles. The van der Waals surface area contributed by atoms with Gasteiger partial charge in [-0.25, -0.2) is 13.1 Å². The Bertz CT molecular complexity index is 866. The zero-order valence-corrected chi connectivity index (χ0v) is 16.1. The highest BCUT2D eigenvalue weighted by atomic mass is 32.2. The van der Waals surface area contributed by atoms with Crippen LogP contribution in [0.4, 0.5) is 5.69 Å². The zero-order valence-electron chi connectivity index (χ0n) is 14.4. The predicted molar refractivity (Wildman–Crippen MR) is 106 cm³/mol. The van der Waals surface area contributed by atoms with Crippen LogP contribution in [0.3, 0.4) is 0 Å². The van der Waals surface area contributed by atoms with Gasteiger partial charge in [0.15, 0.2) is 0 Å². The third-order valence-electron chi connectivity index (χ3n) is 4.67. The molecule has 1 fully saturated rings. The second-order valence-electron chi connectivity index (χ2n) is 6.52. The first-order valence-corrected chi connectivity index (χ1v) is 11.4. The molecule has 26 heavy (non-hydrogen) atoms. The zero-order chi connectivity index (χ0) is 18.0. The molecule has 2 aliphatic rings. The van der Waals surface area contributed by atoms with E-state index in [-0.39, 0.29) is 10.9 Å². The predicted octanol–water partition coefficient (Wildman–Crippen LogP) is 2.52. The number of ether oxygens (including phenoxy) is 1. The van der Waals surface area contributed by atoms with Crippen molar-refractivity contribution in [2.45, 2.75) is 17.4 Å². The minimum Gasteiger partial charge on any atom is -0.490 e. The van der Waals surface area contributed by atoms with Crippen molar-refractivity contribution in [3.8, 4) is 5.75 Å². The van der Waals surface area contributed by atoms with E-state index < -0.39 is 10.0 Å². The van der Waals surface area contributed by atoms with Gasteiger partial charge in [0.25, 0.3) is 0 Å². The molecule has 0 aromatic heterocycles. The molecular weight excluding hydrogens is 368 g/mol. The summed E-state index contributed by atoms with van der Waals surface area (Å²) in [6.45, 7) is 2.02. The summed E-state index contributed by atoms with van der Waals surface area (Å²) in [5.41, 5.74) is 1.83. The molecule has 5 nitrogen and oxygen atoms in total. The summed E-state index contributed by atoms with van der Waals surface area (Å²) in [6, 6.07) is 15.1. The minimum absolute atomic E-state index is 0.280. The monoisotopic (exact) mass is 390 g/mol. The maximum absolute atomic E-state index is 13.1. The van der Waals surface area contributed by atoms with Gasteiger partial charge in [0.1, 0.15) is 17.3 Å². The molecule has 2 heterocycles. The fourth-order valence-electron chi connectivity index (χ4n) is 3.44. The normalized spacial score (nSPS) is 22.2. The molecule has 0 spiro atoms. The van der Waals surface area contributed by atoms with Gasteiger partial charge in [0.2, 0.25) is 10.0 Å². The first-order chi connectivity index (χ1) is 12.6. The maximum atomic E-state index is 13.1. The van der Waals surface area contributed by atoms with E-state index in [2.05, 4.69) is 9.62 Å². The average molecular weight is 391 g/mol. The van der Waals surface area contributed by atoms with Crippen molar-refractivity contribution in [1.29, 1.82) is 0 Å². The molecule has 138 valence electrons. The van der Waals surface area contributed by atoms with Crippen molar-refractivity contribution in [2.75, 3.05) is 36.1 Å². The largest absolute Gasteiger partial charge is 0.490 e. The SMILES string of the molecule is O=S1(=O)N[C@@H](Cc2ccccc2)COc2cccc(N3CCSCC3)c21. The highest BCUT2D eigenvalue weighted by Crippen LogP contribution is 2.36. The number of nitrogens with one attached hydrogen (secondary N) is 1. The van der Waals surface area contributed by atoms with Crippen molar-refractivity contribution < 1.29 is 13.2 Å². The van der Waals surface area contributed by atoms with E-state index >= 15 is 0 Å². The highest BCUT2D eigenvalue weighted by molar-refractivity contribution is 7.99. The molecule has 0 amide bonds. The summed E-state index contributed by atoms with van der Waals surface area (Å²) in [7, 11) is -3.65. The van der Waals surface area contributed by atoms with Crippen LogP contribution in [0.25, 0.3) is 0 Å². The Morgan fingerprint density at radius 1 is 1.08 bits per heavy atom. The number of benzene rings is 2. The topological polar surface area (TPSA) is 58.6 Å². The van der Waals surface area contributed by atoms with E-state index in [0.29, 0.717) is 18.8 Å². The van der Waals surface area contributed by atoms with E-state index in [0.717, 1.165) is 35.8 Å². The number of thioether (sulfide) groups is 1. The Hall–Kier alpha value is -1.70. The van der Waals surface area contributed by atoms with E-state index in [1.54, 1.807) is 6.07 Å². The number of fused-ring (bicyclic) bond motifs is 1. The smallest absolute Gasteiger partial charge is 0.246 e. The van der Waals surface area contributed by atoms with Gasteiger partial charge < -0.3 is 9.64 Å². The van der Waals surface area contributed by atoms with Gasteiger partial charge in [-0.2, -0.15) is 11.8 Å². The molecule has 7 heteroatoms. The van der Waals surface area contributed by atoms with E-state index in [1.807, 2.05) is 54.2 Å². The molecule has 0 saturated carbocycles. The van der Waals surface area contributed by atoms with Crippen molar-refractivity contribution in [1.82, 2.24) is 4.72 Å². The first kappa shape index (κ1) is 17.7. The molecule has 0 radical (unpaired) electrons. The van der Waals surface area contributed by atoms with Crippen LogP contribution in [-0.2, 0) is 16.4 Å². The molecule has 2 aliphatic heterocycles. The van der Waals surface area contributed by atoms with Crippen molar-refractivity contribution in [3.63, 3.8) is 0 Å². The number of nitrogens with zero attached hydrogens (tertiary/aromatic N) is 1. The van der Waals surface area contributed by atoms with Gasteiger partial charge >= 0.3 is 0 Å². The van der Waals surface area contributed by atoms with Gasteiger partial charge in [-0.15, -0.1) is 0 Å². The fourth-order valence-corrected chi connectivity index (χ4v) is 5.92. The molecule has 4 rings (SSSR count). The summed E-state index contributed by atoms with van der Waals surface area (Å²) in [5, 5.41) is 0. The van der Waals surface area contributed by atoms with Crippen molar-refractivity contribution >= 4 is 27.5 Å². The van der Waals surface area contributed by atoms with Gasteiger partial charge in [-0.3, -0.25) is 0 Å². The number of hydrogen-bond donors (Lipinski definition) is 1. The van der Waals surface area contributed by atoms with Gasteiger partial charge in [-0.05, 0) is 24.1 Å². The Morgan fingerprint density at radius 2 is 1.85 bits per heavy atom. The Balaban J connectivity index is 1.65. The summed E-state index contributed by atoms with van der Waals surface area (Å²) in [5.74, 6) is 2.47. The fraction of sp³-hybridized carbons (Fsp3) is 0.368. The Kier molecular flexibility index (Phi) is 5.11. The molecule has 1 saturated heterocycles. The van der Waals surface area contributed by atoms with E-state index in [4.69, 9.17) is 4.74 Å². The first-order valence-electron chi connectivity index (χ1n) is 8.78. The van der Waals surface area contributed by atoms with Crippen LogP contribution in [0.15, 0.2) is 53.4 Å². The lowest BCUT2D eigenvalue weighted by Gasteiger charge is -2.30. The molecule has 0 bridgehead atoms. The second kappa shape index (κ2) is 7.50. The van der Waals surface area contributed by atoms with Crippen LogP contribution in [0.2, 0.25) is 0 Å². The standard InChI is InChI=1S/C19H22N2O3S2/c22-26(23)19-17(21-9-11-25-12-10-21)7-4-8-18(19)24-14-16(20-26)13-15-5-2-1-3-6-15/h1-8,16,20H,9-14H2/t16-/m0/s1. The van der Waals surface area contributed by atoms with Crippen LogP contribution in [-0.4, -0.2) is 45.7 Å². The molecule has 0 aliphatic carbocycles. The number of hydrogen-bond acceptors (Lipinski definition) is 5. The lowest BCUT2D eigenvalue weighted by atomic mass is 10.1. The number of anilines is 1. The van der Waals surface area contributed by atoms with E-state index in [9.17, 15) is 8.42 Å². The molecule has 1 atom stereocenters. The van der Waals surface area contributed by atoms with Crippen molar-refractivity contribution in [2.24, 2.45) is 0 Å². The highest BCUT2D eigenvalue weighted by Gasteiger charge is 2.32. The molecule has 1 N–H and O–H groups in total. The molecule has 0 unspecified atom stereocenters. The van der Waals surface area contributed by atoms with Crippen molar-refractivity contribution in [3.05, 3.63) is 54.1 Å². The third-order valence-corrected chi connectivity index (χ3v) is 7.20. The third kappa shape index (κ3) is 3.70. The summed E-state index contributed by atoms with van der Waals surface area (Å²) < 4.78 is 35.0. The number of rotatable bonds is 3. The van der Waals surface area contributed by atoms with Gasteiger partial charge in [-0.1, -0.05) is 36.4 Å². The Morgan fingerprint density at radius 3 is 2.62 bits per heavy atom. The van der Waals surface area contributed by atoms with Crippen LogP contribution in [0.1, 0.15) is 5.56 Å². The lowest BCUT2D eigenvalue weighted by Crippen LogP contribution is -2.39. The van der Waals surface area contributed by atoms with Crippen LogP contribution in [0, 0.1) is 0 Å². The lowest BCUT2D eigenvalue weighted by molar-refractivity contribution is 0.279. The second-order valence-corrected chi connectivity index (χ2v) is 9.40. The molecular formula is C19H22N2O3S2.